The summed E-state index contributed by atoms with van der Waals surface area (Å²) < 4.78 is 1.04. The van der Waals surface area contributed by atoms with Gasteiger partial charge >= 0.3 is 0 Å². The molecule has 1 N–H and O–H groups in total. The van der Waals surface area contributed by atoms with E-state index < -0.39 is 6.04 Å². The van der Waals surface area contributed by atoms with Gasteiger partial charge in [-0.05, 0) is 49.4 Å². The molecule has 0 aromatic heterocycles. The van der Waals surface area contributed by atoms with Crippen LogP contribution in [0.15, 0.2) is 16.6 Å². The van der Waals surface area contributed by atoms with Crippen LogP contribution in [-0.2, 0) is 9.59 Å². The third kappa shape index (κ3) is 3.46. The molecule has 1 aromatic carbocycles. The Morgan fingerprint density at radius 1 is 1.29 bits per heavy atom. The molecule has 1 saturated heterocycles. The van der Waals surface area contributed by atoms with Crippen LogP contribution in [0.4, 0.5) is 5.69 Å². The summed E-state index contributed by atoms with van der Waals surface area (Å²) in [6.07, 6.45) is 0.662. The molecule has 114 valence electrons. The second-order valence-corrected chi connectivity index (χ2v) is 6.86. The molecule has 1 atom stereocenters. The Morgan fingerprint density at radius 2 is 1.86 bits per heavy atom. The van der Waals surface area contributed by atoms with Gasteiger partial charge in [0.15, 0.2) is 0 Å². The summed E-state index contributed by atoms with van der Waals surface area (Å²) in [7, 11) is 0. The summed E-state index contributed by atoms with van der Waals surface area (Å²) in [6.45, 7) is 8.16. The minimum atomic E-state index is -0.421. The average molecular weight is 353 g/mol. The minimum Gasteiger partial charge on any atom is -0.343 e. The monoisotopic (exact) mass is 352 g/mol. The van der Waals surface area contributed by atoms with Gasteiger partial charge in [0.1, 0.15) is 12.6 Å². The molecule has 4 nitrogen and oxygen atoms in total. The zero-order valence-electron chi connectivity index (χ0n) is 12.9. The first-order valence-electron chi connectivity index (χ1n) is 7.17. The van der Waals surface area contributed by atoms with Crippen LogP contribution in [0.5, 0.6) is 0 Å². The third-order valence-electron chi connectivity index (χ3n) is 3.64. The standard InChI is InChI=1S/C16H21BrN2O2/c1-9(2)5-13-16(21)19(8-14(20)18-13)12-6-10(3)15(17)11(4)7-12/h6-7,9,13H,5,8H2,1-4H3,(H,18,20). The van der Waals surface area contributed by atoms with Gasteiger partial charge in [0.2, 0.25) is 11.8 Å². The van der Waals surface area contributed by atoms with Crippen LogP contribution >= 0.6 is 15.9 Å². The van der Waals surface area contributed by atoms with E-state index in [4.69, 9.17) is 0 Å². The highest BCUT2D eigenvalue weighted by atomic mass is 79.9. The van der Waals surface area contributed by atoms with Gasteiger partial charge in [-0.25, -0.2) is 0 Å². The normalized spacial score (nSPS) is 19.1. The second-order valence-electron chi connectivity index (χ2n) is 6.07. The van der Waals surface area contributed by atoms with Crippen LogP contribution < -0.4 is 10.2 Å². The fourth-order valence-electron chi connectivity index (χ4n) is 2.64. The molecule has 1 heterocycles. The molecule has 1 fully saturated rings. The van der Waals surface area contributed by atoms with Gasteiger partial charge in [0.25, 0.3) is 0 Å². The predicted octanol–water partition coefficient (Wildman–Crippen LogP) is 2.94. The maximum absolute atomic E-state index is 12.6. The van der Waals surface area contributed by atoms with Crippen LogP contribution in [0, 0.1) is 19.8 Å². The summed E-state index contributed by atoms with van der Waals surface area (Å²) in [5.74, 6) is 0.232. The maximum atomic E-state index is 12.6. The first-order chi connectivity index (χ1) is 9.79. The summed E-state index contributed by atoms with van der Waals surface area (Å²) in [5.41, 5.74) is 2.91. The van der Waals surface area contributed by atoms with Crippen molar-refractivity contribution in [3.63, 3.8) is 0 Å². The summed E-state index contributed by atoms with van der Waals surface area (Å²) in [5, 5.41) is 2.80. The molecule has 0 saturated carbocycles. The number of benzene rings is 1. The highest BCUT2D eigenvalue weighted by Crippen LogP contribution is 2.28. The summed E-state index contributed by atoms with van der Waals surface area (Å²) in [6, 6.07) is 3.47. The Hall–Kier alpha value is -1.36. The first kappa shape index (κ1) is 16.0. The van der Waals surface area contributed by atoms with Crippen molar-refractivity contribution in [3.8, 4) is 0 Å². The van der Waals surface area contributed by atoms with Gasteiger partial charge in [0, 0.05) is 10.2 Å². The SMILES string of the molecule is Cc1cc(N2CC(=O)NC(CC(C)C)C2=O)cc(C)c1Br. The number of amides is 2. The third-order valence-corrected chi connectivity index (χ3v) is 4.89. The smallest absolute Gasteiger partial charge is 0.250 e. The molecule has 0 bridgehead atoms. The molecule has 1 aromatic rings. The van der Waals surface area contributed by atoms with Gasteiger partial charge in [-0.1, -0.05) is 29.8 Å². The van der Waals surface area contributed by atoms with E-state index >= 15 is 0 Å². The molecule has 21 heavy (non-hydrogen) atoms. The Kier molecular flexibility index (Phi) is 4.71. The zero-order valence-corrected chi connectivity index (χ0v) is 14.5. The van der Waals surface area contributed by atoms with E-state index in [1.807, 2.05) is 39.8 Å². The summed E-state index contributed by atoms with van der Waals surface area (Å²) in [4.78, 5) is 26.1. The van der Waals surface area contributed by atoms with Crippen molar-refractivity contribution in [2.24, 2.45) is 5.92 Å². The highest BCUT2D eigenvalue weighted by Gasteiger charge is 2.34. The lowest BCUT2D eigenvalue weighted by molar-refractivity contribution is -0.131. The fourth-order valence-corrected chi connectivity index (χ4v) is 2.87. The number of halogens is 1. The van der Waals surface area contributed by atoms with Crippen molar-refractivity contribution in [1.82, 2.24) is 5.32 Å². The number of aryl methyl sites for hydroxylation is 2. The fraction of sp³-hybridized carbons (Fsp3) is 0.500. The van der Waals surface area contributed by atoms with E-state index in [0.29, 0.717) is 12.3 Å². The van der Waals surface area contributed by atoms with Crippen molar-refractivity contribution in [3.05, 3.63) is 27.7 Å². The van der Waals surface area contributed by atoms with Crippen LogP contribution in [0.25, 0.3) is 0 Å². The van der Waals surface area contributed by atoms with Crippen LogP contribution in [0.3, 0.4) is 0 Å². The van der Waals surface area contributed by atoms with Crippen LogP contribution in [0.2, 0.25) is 0 Å². The van der Waals surface area contributed by atoms with Crippen molar-refractivity contribution >= 4 is 33.4 Å². The van der Waals surface area contributed by atoms with Gasteiger partial charge in [0.05, 0.1) is 0 Å². The number of anilines is 1. The van der Waals surface area contributed by atoms with Crippen LogP contribution in [-0.4, -0.2) is 24.4 Å². The van der Waals surface area contributed by atoms with Gasteiger partial charge in [-0.3, -0.25) is 9.59 Å². The van der Waals surface area contributed by atoms with E-state index in [9.17, 15) is 9.59 Å². The number of hydrogen-bond donors (Lipinski definition) is 1. The molecule has 2 rings (SSSR count). The largest absolute Gasteiger partial charge is 0.343 e. The molecule has 2 amide bonds. The molecule has 0 spiro atoms. The van der Waals surface area contributed by atoms with Gasteiger partial charge in [-0.15, -0.1) is 0 Å². The molecule has 5 heteroatoms. The molecule has 0 aliphatic carbocycles. The average Bonchev–Trinajstić information content (AvgIpc) is 2.38. The topological polar surface area (TPSA) is 49.4 Å². The van der Waals surface area contributed by atoms with Crippen molar-refractivity contribution in [1.29, 1.82) is 0 Å². The van der Waals surface area contributed by atoms with E-state index in [1.165, 1.54) is 0 Å². The Labute approximate surface area is 134 Å². The molecule has 1 aliphatic rings. The highest BCUT2D eigenvalue weighted by molar-refractivity contribution is 9.10. The van der Waals surface area contributed by atoms with E-state index in [0.717, 1.165) is 21.3 Å². The van der Waals surface area contributed by atoms with E-state index in [2.05, 4.69) is 21.2 Å². The number of nitrogens with one attached hydrogen (secondary N) is 1. The Morgan fingerprint density at radius 3 is 2.38 bits per heavy atom. The lowest BCUT2D eigenvalue weighted by atomic mass is 10.00. The maximum Gasteiger partial charge on any atom is 0.250 e. The molecular weight excluding hydrogens is 332 g/mol. The van der Waals surface area contributed by atoms with Gasteiger partial charge < -0.3 is 10.2 Å². The number of piperazine rings is 1. The minimum absolute atomic E-state index is 0.0237. The molecule has 0 radical (unpaired) electrons. The lowest BCUT2D eigenvalue weighted by Gasteiger charge is -2.33. The zero-order chi connectivity index (χ0) is 15.7. The first-order valence-corrected chi connectivity index (χ1v) is 7.96. The van der Waals surface area contributed by atoms with Crippen molar-refractivity contribution in [2.75, 3.05) is 11.4 Å². The number of hydrogen-bond acceptors (Lipinski definition) is 2. The number of carbonyl (C=O) groups excluding carboxylic acids is 2. The van der Waals surface area contributed by atoms with E-state index in [-0.39, 0.29) is 18.4 Å². The van der Waals surface area contributed by atoms with Crippen molar-refractivity contribution in [2.45, 2.75) is 40.2 Å². The quantitative estimate of drug-likeness (QED) is 0.908. The molecule has 1 unspecified atom stereocenters. The Balaban J connectivity index is 2.33. The number of rotatable bonds is 3. The lowest BCUT2D eigenvalue weighted by Crippen LogP contribution is -2.58. The predicted molar refractivity (Wildman–Crippen MR) is 87.4 cm³/mol. The molecule has 1 aliphatic heterocycles. The van der Waals surface area contributed by atoms with Crippen molar-refractivity contribution < 1.29 is 9.59 Å². The summed E-state index contributed by atoms with van der Waals surface area (Å²) >= 11 is 3.53. The number of nitrogens with zero attached hydrogens (tertiary/aromatic N) is 1. The second kappa shape index (κ2) is 6.18. The van der Waals surface area contributed by atoms with Crippen LogP contribution in [0.1, 0.15) is 31.4 Å². The Bertz CT molecular complexity index is 561. The number of carbonyl (C=O) groups is 2. The van der Waals surface area contributed by atoms with Gasteiger partial charge in [-0.2, -0.15) is 0 Å². The molecular formula is C16H21BrN2O2. The van der Waals surface area contributed by atoms with E-state index in [1.54, 1.807) is 4.90 Å².